The Bertz CT molecular complexity index is 1750. The molecule has 3 N–H and O–H groups in total. The van der Waals surface area contributed by atoms with Crippen molar-refractivity contribution in [2.75, 3.05) is 57.9 Å². The molecule has 3 amide bonds. The monoisotopic (exact) mass is 554 g/mol. The zero-order valence-corrected chi connectivity index (χ0v) is 22.0. The maximum Gasteiger partial charge on any atom is 0.322 e. The molecule has 2 aliphatic rings. The molecule has 0 atom stereocenters. The maximum atomic E-state index is 13.2. The number of aromatic amines is 2. The first-order valence-electron chi connectivity index (χ1n) is 13.3. The van der Waals surface area contributed by atoms with Gasteiger partial charge in [0.25, 0.3) is 5.91 Å². The Morgan fingerprint density at radius 3 is 2.44 bits per heavy atom. The van der Waals surface area contributed by atoms with Gasteiger partial charge in [-0.2, -0.15) is 5.10 Å². The number of ether oxygens (including phenoxy) is 2. The van der Waals surface area contributed by atoms with Crippen LogP contribution in [0.3, 0.4) is 0 Å². The van der Waals surface area contributed by atoms with Crippen molar-refractivity contribution in [2.24, 2.45) is 0 Å². The molecule has 0 aromatic carbocycles. The molecule has 14 nitrogen and oxygen atoms in total. The molecule has 2 fully saturated rings. The molecule has 0 aliphatic carbocycles. The third-order valence-electron chi connectivity index (χ3n) is 7.18. The highest BCUT2D eigenvalue weighted by molar-refractivity contribution is 6.05. The Kier molecular flexibility index (Phi) is 6.45. The summed E-state index contributed by atoms with van der Waals surface area (Å²) in [6.45, 7) is 4.23. The summed E-state index contributed by atoms with van der Waals surface area (Å²) in [4.78, 5) is 50.5. The summed E-state index contributed by atoms with van der Waals surface area (Å²) >= 11 is 0. The van der Waals surface area contributed by atoms with Gasteiger partial charge in [-0.15, -0.1) is 0 Å². The van der Waals surface area contributed by atoms with Crippen molar-refractivity contribution >= 4 is 39.8 Å². The highest BCUT2D eigenvalue weighted by Crippen LogP contribution is 2.30. The van der Waals surface area contributed by atoms with Crippen molar-refractivity contribution < 1.29 is 19.1 Å². The molecule has 0 saturated carbocycles. The van der Waals surface area contributed by atoms with Crippen LogP contribution in [0.4, 0.5) is 10.5 Å². The van der Waals surface area contributed by atoms with E-state index < -0.39 is 0 Å². The van der Waals surface area contributed by atoms with Gasteiger partial charge in [-0.05, 0) is 18.2 Å². The predicted octanol–water partition coefficient (Wildman–Crippen LogP) is 2.29. The van der Waals surface area contributed by atoms with Crippen LogP contribution in [0.5, 0.6) is 0 Å². The van der Waals surface area contributed by atoms with Crippen LogP contribution < -0.4 is 5.32 Å². The first-order valence-corrected chi connectivity index (χ1v) is 13.3. The highest BCUT2D eigenvalue weighted by Gasteiger charge is 2.24. The van der Waals surface area contributed by atoms with E-state index in [1.807, 2.05) is 12.1 Å². The molecule has 0 spiro atoms. The molecule has 7 heterocycles. The van der Waals surface area contributed by atoms with Crippen LogP contribution in [0.1, 0.15) is 10.4 Å². The number of rotatable bonds is 4. The van der Waals surface area contributed by atoms with Crippen molar-refractivity contribution in [3.8, 4) is 22.6 Å². The number of carbonyl (C=O) groups is 2. The first kappa shape index (κ1) is 25.0. The normalized spacial score (nSPS) is 15.9. The van der Waals surface area contributed by atoms with E-state index in [4.69, 9.17) is 14.5 Å². The van der Waals surface area contributed by atoms with E-state index in [2.05, 4.69) is 35.5 Å². The second kappa shape index (κ2) is 10.6. The van der Waals surface area contributed by atoms with E-state index in [1.54, 1.807) is 40.7 Å². The standard InChI is InChI=1S/C27H26N10O4/c38-26(36-3-7-40-8-4-36)19-1-2-29-24-21(19)32-25(33-24)22-20-12-17(14-30-23(20)35-34-22)16-11-18(15-28-13-16)31-27(39)37-5-9-41-10-6-37/h1-2,11-15H,3-10H2,(H,31,39)(H,29,32,33)(H,30,34,35). The van der Waals surface area contributed by atoms with Gasteiger partial charge in [0.15, 0.2) is 17.1 Å². The largest absolute Gasteiger partial charge is 0.378 e. The van der Waals surface area contributed by atoms with Crippen molar-refractivity contribution in [1.29, 1.82) is 0 Å². The third-order valence-corrected chi connectivity index (χ3v) is 7.18. The van der Waals surface area contributed by atoms with Crippen molar-refractivity contribution in [2.45, 2.75) is 0 Å². The summed E-state index contributed by atoms with van der Waals surface area (Å²) in [5.74, 6) is 0.354. The number of H-pyrrole nitrogens is 2. The number of pyridine rings is 3. The van der Waals surface area contributed by atoms with Gasteiger partial charge in [0.1, 0.15) is 11.2 Å². The van der Waals surface area contributed by atoms with Crippen LogP contribution in [-0.4, -0.2) is 109 Å². The summed E-state index contributed by atoms with van der Waals surface area (Å²) < 4.78 is 10.7. The van der Waals surface area contributed by atoms with E-state index in [0.717, 1.165) is 16.5 Å². The molecular formula is C27H26N10O4. The number of carbonyl (C=O) groups excluding carboxylic acids is 2. The average Bonchev–Trinajstić information content (AvgIpc) is 3.65. The zero-order valence-electron chi connectivity index (χ0n) is 22.0. The molecular weight excluding hydrogens is 528 g/mol. The molecule has 208 valence electrons. The molecule has 2 saturated heterocycles. The summed E-state index contributed by atoms with van der Waals surface area (Å²) in [6.07, 6.45) is 6.63. The van der Waals surface area contributed by atoms with Gasteiger partial charge in [0.2, 0.25) is 0 Å². The number of morpholine rings is 2. The number of fused-ring (bicyclic) bond motifs is 2. The Hall–Kier alpha value is -4.95. The quantitative estimate of drug-likeness (QED) is 0.302. The Labute approximate surface area is 233 Å². The Morgan fingerprint density at radius 2 is 1.63 bits per heavy atom. The summed E-state index contributed by atoms with van der Waals surface area (Å²) in [5, 5.41) is 11.1. The lowest BCUT2D eigenvalue weighted by Gasteiger charge is -2.26. The second-order valence-corrected chi connectivity index (χ2v) is 9.73. The van der Waals surface area contributed by atoms with Crippen molar-refractivity contribution in [3.63, 3.8) is 0 Å². The molecule has 41 heavy (non-hydrogen) atoms. The molecule has 7 rings (SSSR count). The number of aromatic nitrogens is 7. The lowest BCUT2D eigenvalue weighted by Crippen LogP contribution is -2.43. The number of imidazole rings is 1. The number of hydrogen-bond acceptors (Lipinski definition) is 9. The van der Waals surface area contributed by atoms with E-state index in [0.29, 0.717) is 92.2 Å². The molecule has 0 bridgehead atoms. The van der Waals surface area contributed by atoms with Gasteiger partial charge < -0.3 is 29.6 Å². The van der Waals surface area contributed by atoms with Crippen molar-refractivity contribution in [3.05, 3.63) is 48.5 Å². The molecule has 14 heteroatoms. The topological polar surface area (TPSA) is 167 Å². The number of nitrogens with zero attached hydrogens (tertiary/aromatic N) is 7. The number of urea groups is 1. The molecule has 2 aliphatic heterocycles. The summed E-state index contributed by atoms with van der Waals surface area (Å²) in [5.41, 5.74) is 4.70. The van der Waals surface area contributed by atoms with Gasteiger partial charge in [0, 0.05) is 55.9 Å². The van der Waals surface area contributed by atoms with Crippen LogP contribution in [0.15, 0.2) is 43.0 Å². The fourth-order valence-corrected chi connectivity index (χ4v) is 5.01. The van der Waals surface area contributed by atoms with Crippen LogP contribution in [0.25, 0.3) is 44.8 Å². The number of anilines is 1. The number of hydrogen-bond donors (Lipinski definition) is 3. The van der Waals surface area contributed by atoms with Gasteiger partial charge in [0.05, 0.1) is 49.3 Å². The average molecular weight is 555 g/mol. The minimum absolute atomic E-state index is 0.109. The van der Waals surface area contributed by atoms with Crippen LogP contribution in [-0.2, 0) is 9.47 Å². The molecule has 0 radical (unpaired) electrons. The number of amides is 3. The molecule has 5 aromatic heterocycles. The fourth-order valence-electron chi connectivity index (χ4n) is 5.01. The lowest BCUT2D eigenvalue weighted by atomic mass is 10.1. The Morgan fingerprint density at radius 1 is 0.878 bits per heavy atom. The van der Waals surface area contributed by atoms with Crippen LogP contribution >= 0.6 is 0 Å². The Balaban J connectivity index is 1.19. The zero-order chi connectivity index (χ0) is 27.8. The highest BCUT2D eigenvalue weighted by atomic mass is 16.5. The minimum Gasteiger partial charge on any atom is -0.378 e. The SMILES string of the molecule is O=C(Nc1cncc(-c2cnc3[nH]nc(-c4nc5c(C(=O)N6CCOCC6)ccnc5[nH]4)c3c2)c1)N1CCOCC1. The summed E-state index contributed by atoms with van der Waals surface area (Å²) in [6, 6.07) is 5.28. The number of nitrogens with one attached hydrogen (secondary N) is 3. The second-order valence-electron chi connectivity index (χ2n) is 9.73. The van der Waals surface area contributed by atoms with Gasteiger partial charge >= 0.3 is 6.03 Å². The van der Waals surface area contributed by atoms with Gasteiger partial charge in [-0.25, -0.2) is 19.7 Å². The third kappa shape index (κ3) is 4.83. The first-order chi connectivity index (χ1) is 20.1. The molecule has 0 unspecified atom stereocenters. The van der Waals surface area contributed by atoms with E-state index in [9.17, 15) is 9.59 Å². The lowest BCUT2D eigenvalue weighted by molar-refractivity contribution is 0.0304. The maximum absolute atomic E-state index is 13.2. The van der Waals surface area contributed by atoms with E-state index in [1.165, 1.54) is 0 Å². The van der Waals surface area contributed by atoms with E-state index in [-0.39, 0.29) is 11.9 Å². The minimum atomic E-state index is -0.192. The smallest absolute Gasteiger partial charge is 0.322 e. The predicted molar refractivity (Wildman–Crippen MR) is 148 cm³/mol. The van der Waals surface area contributed by atoms with Crippen molar-refractivity contribution in [1.82, 2.24) is 44.9 Å². The fraction of sp³-hybridized carbons (Fsp3) is 0.296. The molecule has 5 aromatic rings. The van der Waals surface area contributed by atoms with Crippen LogP contribution in [0, 0.1) is 0 Å². The van der Waals surface area contributed by atoms with Crippen LogP contribution in [0.2, 0.25) is 0 Å². The van der Waals surface area contributed by atoms with E-state index >= 15 is 0 Å². The van der Waals surface area contributed by atoms with Gasteiger partial charge in [-0.3, -0.25) is 14.9 Å². The van der Waals surface area contributed by atoms with Gasteiger partial charge in [-0.1, -0.05) is 0 Å². The summed E-state index contributed by atoms with van der Waals surface area (Å²) in [7, 11) is 0.